The SMILES string of the molecule is COc1ccccc1NC(=O)c1ccc(C(=O)N(C)Cc2ccc(C#N)cc2)cc1. The van der Waals surface area contributed by atoms with Gasteiger partial charge in [-0.2, -0.15) is 5.26 Å². The van der Waals surface area contributed by atoms with Crippen LogP contribution in [0.15, 0.2) is 72.8 Å². The second-order valence-electron chi connectivity index (χ2n) is 6.70. The predicted octanol–water partition coefficient (Wildman–Crippen LogP) is 4.09. The van der Waals surface area contributed by atoms with Crippen molar-refractivity contribution in [3.8, 4) is 11.8 Å². The molecule has 1 N–H and O–H groups in total. The van der Waals surface area contributed by atoms with Gasteiger partial charge in [0.2, 0.25) is 0 Å². The molecule has 3 aromatic rings. The van der Waals surface area contributed by atoms with Gasteiger partial charge in [-0.15, -0.1) is 0 Å². The van der Waals surface area contributed by atoms with Crippen LogP contribution >= 0.6 is 0 Å². The van der Waals surface area contributed by atoms with Crippen LogP contribution in [0, 0.1) is 11.3 Å². The summed E-state index contributed by atoms with van der Waals surface area (Å²) in [5.41, 5.74) is 3.01. The number of hydrogen-bond donors (Lipinski definition) is 1. The minimum absolute atomic E-state index is 0.156. The van der Waals surface area contributed by atoms with Crippen LogP contribution < -0.4 is 10.1 Å². The van der Waals surface area contributed by atoms with E-state index in [0.717, 1.165) is 5.56 Å². The van der Waals surface area contributed by atoms with Gasteiger partial charge in [-0.25, -0.2) is 0 Å². The molecule has 30 heavy (non-hydrogen) atoms. The van der Waals surface area contributed by atoms with Gasteiger partial charge in [0.25, 0.3) is 11.8 Å². The van der Waals surface area contributed by atoms with E-state index < -0.39 is 0 Å². The summed E-state index contributed by atoms with van der Waals surface area (Å²) in [6, 6.07) is 22.8. The third kappa shape index (κ3) is 4.83. The van der Waals surface area contributed by atoms with Crippen LogP contribution in [0.1, 0.15) is 31.8 Å². The lowest BCUT2D eigenvalue weighted by atomic mass is 10.1. The van der Waals surface area contributed by atoms with Gasteiger partial charge in [0.05, 0.1) is 24.4 Å². The van der Waals surface area contributed by atoms with Gasteiger partial charge in [0.15, 0.2) is 0 Å². The predicted molar refractivity (Wildman–Crippen MR) is 114 cm³/mol. The van der Waals surface area contributed by atoms with E-state index in [2.05, 4.69) is 11.4 Å². The molecule has 3 aromatic carbocycles. The van der Waals surface area contributed by atoms with Crippen LogP contribution in [-0.4, -0.2) is 30.9 Å². The number of benzene rings is 3. The normalized spacial score (nSPS) is 10.0. The molecule has 0 radical (unpaired) electrons. The standard InChI is InChI=1S/C24H21N3O3/c1-27(16-18-9-7-17(15-25)8-10-18)24(29)20-13-11-19(12-14-20)23(28)26-21-5-3-4-6-22(21)30-2/h3-14H,16H2,1-2H3,(H,26,28). The van der Waals surface area contributed by atoms with Crippen molar-refractivity contribution in [1.29, 1.82) is 5.26 Å². The van der Waals surface area contributed by atoms with E-state index in [1.54, 1.807) is 67.6 Å². The summed E-state index contributed by atoms with van der Waals surface area (Å²) in [6.07, 6.45) is 0. The van der Waals surface area contributed by atoms with Crippen LogP contribution in [0.4, 0.5) is 5.69 Å². The van der Waals surface area contributed by atoms with Gasteiger partial charge in [-0.3, -0.25) is 9.59 Å². The molecule has 6 heteroatoms. The summed E-state index contributed by atoms with van der Waals surface area (Å²) < 4.78 is 5.24. The molecule has 0 unspecified atom stereocenters. The number of methoxy groups -OCH3 is 1. The Bertz CT molecular complexity index is 1080. The molecular formula is C24H21N3O3. The molecule has 0 saturated heterocycles. The van der Waals surface area contributed by atoms with E-state index in [-0.39, 0.29) is 11.8 Å². The first-order valence-electron chi connectivity index (χ1n) is 9.30. The van der Waals surface area contributed by atoms with E-state index in [4.69, 9.17) is 10.00 Å². The zero-order chi connectivity index (χ0) is 21.5. The maximum Gasteiger partial charge on any atom is 0.255 e. The Morgan fingerprint density at radius 3 is 2.23 bits per heavy atom. The second kappa shape index (κ2) is 9.39. The monoisotopic (exact) mass is 399 g/mol. The van der Waals surface area contributed by atoms with Crippen molar-refractivity contribution < 1.29 is 14.3 Å². The van der Waals surface area contributed by atoms with Crippen molar-refractivity contribution >= 4 is 17.5 Å². The van der Waals surface area contributed by atoms with Crippen molar-refractivity contribution in [1.82, 2.24) is 4.90 Å². The number of nitrogens with one attached hydrogen (secondary N) is 1. The Hall–Kier alpha value is -4.11. The highest BCUT2D eigenvalue weighted by molar-refractivity contribution is 6.05. The fourth-order valence-corrected chi connectivity index (χ4v) is 2.96. The van der Waals surface area contributed by atoms with E-state index in [1.807, 2.05) is 24.3 Å². The Morgan fingerprint density at radius 2 is 1.60 bits per heavy atom. The topological polar surface area (TPSA) is 82.4 Å². The Morgan fingerprint density at radius 1 is 0.967 bits per heavy atom. The first-order chi connectivity index (χ1) is 14.5. The minimum atomic E-state index is -0.288. The Balaban J connectivity index is 1.65. The zero-order valence-corrected chi connectivity index (χ0v) is 16.8. The number of carbonyl (C=O) groups is 2. The lowest BCUT2D eigenvalue weighted by molar-refractivity contribution is 0.0784. The summed E-state index contributed by atoms with van der Waals surface area (Å²) in [7, 11) is 3.25. The van der Waals surface area contributed by atoms with Crippen molar-refractivity contribution in [2.75, 3.05) is 19.5 Å². The van der Waals surface area contributed by atoms with Gasteiger partial charge in [-0.05, 0) is 54.1 Å². The molecule has 0 aromatic heterocycles. The summed E-state index contributed by atoms with van der Waals surface area (Å²) in [6.45, 7) is 0.417. The lowest BCUT2D eigenvalue weighted by Gasteiger charge is -2.17. The molecule has 0 saturated carbocycles. The van der Waals surface area contributed by atoms with Crippen LogP contribution in [0.5, 0.6) is 5.75 Å². The average Bonchev–Trinajstić information content (AvgIpc) is 2.79. The first-order valence-corrected chi connectivity index (χ1v) is 9.30. The largest absolute Gasteiger partial charge is 0.495 e. The Kier molecular flexibility index (Phi) is 6.46. The number of hydrogen-bond acceptors (Lipinski definition) is 4. The molecule has 0 aliphatic rings. The van der Waals surface area contributed by atoms with Gasteiger partial charge < -0.3 is 15.0 Å². The minimum Gasteiger partial charge on any atom is -0.495 e. The highest BCUT2D eigenvalue weighted by Crippen LogP contribution is 2.23. The molecule has 0 fully saturated rings. The number of nitriles is 1. The molecule has 3 rings (SSSR count). The maximum atomic E-state index is 12.7. The summed E-state index contributed by atoms with van der Waals surface area (Å²) >= 11 is 0. The quantitative estimate of drug-likeness (QED) is 0.677. The third-order valence-electron chi connectivity index (χ3n) is 4.60. The summed E-state index contributed by atoms with van der Waals surface area (Å²) in [5, 5.41) is 11.7. The molecule has 0 spiro atoms. The number of para-hydroxylation sites is 2. The summed E-state index contributed by atoms with van der Waals surface area (Å²) in [4.78, 5) is 26.8. The number of carbonyl (C=O) groups excluding carboxylic acids is 2. The number of ether oxygens (including phenoxy) is 1. The molecule has 0 aliphatic carbocycles. The van der Waals surface area contributed by atoms with Crippen molar-refractivity contribution in [3.05, 3.63) is 95.1 Å². The Labute approximate surface area is 175 Å². The zero-order valence-electron chi connectivity index (χ0n) is 16.8. The average molecular weight is 399 g/mol. The number of amides is 2. The van der Waals surface area contributed by atoms with E-state index in [1.165, 1.54) is 0 Å². The second-order valence-corrected chi connectivity index (χ2v) is 6.70. The number of anilines is 1. The summed E-state index contributed by atoms with van der Waals surface area (Å²) in [5.74, 6) is 0.127. The number of nitrogens with zero attached hydrogens (tertiary/aromatic N) is 2. The van der Waals surface area contributed by atoms with Gasteiger partial charge in [-0.1, -0.05) is 24.3 Å². The highest BCUT2D eigenvalue weighted by Gasteiger charge is 2.14. The molecule has 0 atom stereocenters. The fourth-order valence-electron chi connectivity index (χ4n) is 2.96. The van der Waals surface area contributed by atoms with Gasteiger partial charge >= 0.3 is 0 Å². The van der Waals surface area contributed by atoms with Crippen LogP contribution in [0.3, 0.4) is 0 Å². The maximum absolute atomic E-state index is 12.7. The molecule has 2 amide bonds. The van der Waals surface area contributed by atoms with Crippen molar-refractivity contribution in [2.24, 2.45) is 0 Å². The van der Waals surface area contributed by atoms with Crippen LogP contribution in [0.2, 0.25) is 0 Å². The molecule has 0 aliphatic heterocycles. The lowest BCUT2D eigenvalue weighted by Crippen LogP contribution is -2.26. The molecule has 6 nitrogen and oxygen atoms in total. The molecule has 150 valence electrons. The third-order valence-corrected chi connectivity index (χ3v) is 4.60. The van der Waals surface area contributed by atoms with Crippen LogP contribution in [-0.2, 0) is 6.54 Å². The smallest absolute Gasteiger partial charge is 0.255 e. The van der Waals surface area contributed by atoms with Crippen molar-refractivity contribution in [3.63, 3.8) is 0 Å². The van der Waals surface area contributed by atoms with E-state index in [0.29, 0.717) is 34.7 Å². The molecule has 0 heterocycles. The van der Waals surface area contributed by atoms with Gasteiger partial charge in [0.1, 0.15) is 5.75 Å². The van der Waals surface area contributed by atoms with Gasteiger partial charge in [0, 0.05) is 24.7 Å². The fraction of sp³-hybridized carbons (Fsp3) is 0.125. The van der Waals surface area contributed by atoms with Crippen molar-refractivity contribution in [2.45, 2.75) is 6.54 Å². The van der Waals surface area contributed by atoms with Crippen LogP contribution in [0.25, 0.3) is 0 Å². The molecular weight excluding hydrogens is 378 g/mol. The van der Waals surface area contributed by atoms with E-state index >= 15 is 0 Å². The molecule has 0 bridgehead atoms. The highest BCUT2D eigenvalue weighted by atomic mass is 16.5. The first kappa shape index (κ1) is 20.6. The number of rotatable bonds is 6. The van der Waals surface area contributed by atoms with E-state index in [9.17, 15) is 9.59 Å².